The van der Waals surface area contributed by atoms with E-state index in [0.29, 0.717) is 5.56 Å². The lowest BCUT2D eigenvalue weighted by Gasteiger charge is -2.50. The van der Waals surface area contributed by atoms with Crippen LogP contribution < -0.4 is 5.73 Å². The van der Waals surface area contributed by atoms with Gasteiger partial charge < -0.3 is 31.1 Å². The summed E-state index contributed by atoms with van der Waals surface area (Å²) in [6.45, 7) is 0.974. The van der Waals surface area contributed by atoms with Crippen molar-refractivity contribution in [1.82, 2.24) is 9.80 Å². The molecular formula is C32H34N4O7. The van der Waals surface area contributed by atoms with Gasteiger partial charge in [0.25, 0.3) is 5.91 Å². The van der Waals surface area contributed by atoms with E-state index in [2.05, 4.69) is 4.90 Å². The number of aliphatic hydroxyl groups excluding tert-OH is 2. The largest absolute Gasteiger partial charge is 0.510 e. The van der Waals surface area contributed by atoms with E-state index in [-0.39, 0.29) is 29.7 Å². The first-order chi connectivity index (χ1) is 20.4. The smallest absolute Gasteiger partial charge is 0.255 e. The molecule has 11 heteroatoms. The molecule has 2 aromatic carbocycles. The first-order valence-corrected chi connectivity index (χ1v) is 14.2. The number of aliphatic imine (C=N–C) groups is 1. The van der Waals surface area contributed by atoms with Gasteiger partial charge in [-0.25, -0.2) is 4.99 Å². The molecule has 6 N–H and O–H groups in total. The number of allylic oxidation sites excluding steroid dienone is 1. The number of nitrogens with zero attached hydrogens (tertiary/aromatic N) is 3. The second-order valence-electron chi connectivity index (χ2n) is 12.0. The molecule has 1 aliphatic heterocycles. The van der Waals surface area contributed by atoms with Gasteiger partial charge in [-0.1, -0.05) is 18.2 Å². The summed E-state index contributed by atoms with van der Waals surface area (Å²) in [4.78, 5) is 48.0. The molecule has 43 heavy (non-hydrogen) atoms. The summed E-state index contributed by atoms with van der Waals surface area (Å²) in [5.41, 5.74) is 4.61. The molecule has 0 spiro atoms. The van der Waals surface area contributed by atoms with Crippen LogP contribution in [0.1, 0.15) is 35.2 Å². The van der Waals surface area contributed by atoms with Gasteiger partial charge in [0.1, 0.15) is 28.7 Å². The van der Waals surface area contributed by atoms with Gasteiger partial charge in [-0.15, -0.1) is 0 Å². The molecule has 0 aromatic heterocycles. The maximum absolute atomic E-state index is 14.0. The average Bonchev–Trinajstić information content (AvgIpc) is 3.35. The maximum atomic E-state index is 14.0. The minimum atomic E-state index is -2.66. The number of carbonyl (C=O) groups excluding carboxylic acids is 3. The number of likely N-dealkylation sites (N-methyl/N-ethyl adjacent to an activating group) is 1. The van der Waals surface area contributed by atoms with E-state index >= 15 is 0 Å². The second-order valence-corrected chi connectivity index (χ2v) is 12.0. The van der Waals surface area contributed by atoms with E-state index < -0.39 is 58.0 Å². The number of benzene rings is 2. The highest BCUT2D eigenvalue weighted by atomic mass is 16.3. The summed E-state index contributed by atoms with van der Waals surface area (Å²) in [6.07, 6.45) is 2.24. The maximum Gasteiger partial charge on any atom is 0.255 e. The summed E-state index contributed by atoms with van der Waals surface area (Å²) in [5.74, 6) is -5.68. The Bertz CT molecular complexity index is 1670. The molecule has 1 saturated heterocycles. The Kier molecular flexibility index (Phi) is 6.70. The zero-order chi connectivity index (χ0) is 31.0. The fraction of sp³-hybridized carbons (Fsp3) is 0.375. The predicted octanol–water partition coefficient (Wildman–Crippen LogP) is 2.54. The lowest BCUT2D eigenvalue weighted by Crippen LogP contribution is -2.63. The molecule has 0 radical (unpaired) electrons. The highest BCUT2D eigenvalue weighted by Crippen LogP contribution is 2.53. The van der Waals surface area contributed by atoms with Crippen LogP contribution in [-0.2, 0) is 16.0 Å². The van der Waals surface area contributed by atoms with Gasteiger partial charge in [0.05, 0.1) is 17.3 Å². The molecule has 1 heterocycles. The molecule has 224 valence electrons. The van der Waals surface area contributed by atoms with E-state index in [0.717, 1.165) is 42.0 Å². The molecule has 4 aliphatic rings. The lowest BCUT2D eigenvalue weighted by atomic mass is 9.58. The molecule has 1 amide bonds. The van der Waals surface area contributed by atoms with Crippen molar-refractivity contribution in [2.45, 2.75) is 37.3 Å². The number of hydrogen-bond acceptors (Lipinski definition) is 9. The Hall–Kier alpha value is -4.48. The van der Waals surface area contributed by atoms with Gasteiger partial charge in [-0.2, -0.15) is 0 Å². The van der Waals surface area contributed by atoms with Crippen LogP contribution >= 0.6 is 0 Å². The van der Waals surface area contributed by atoms with E-state index in [1.54, 1.807) is 20.2 Å². The van der Waals surface area contributed by atoms with Crippen molar-refractivity contribution in [3.8, 4) is 16.9 Å². The standard InChI is InChI=1S/C32H34N4O7/c1-35(2)26-20-14-16-13-19-18(15-6-8-17(9-7-15)34-22-5-4-12-36(22)3)10-11-21(37)24(19)27(38)23(16)29(40)32(20,43)30(41)25(28(26)39)31(33)42/h6-11,16,20,26,37,39-40,43H,4-5,12-14H2,1-3H3,(H2,33,42)/b34-22+/t16-,20+,26+,32+/m0/s1. The van der Waals surface area contributed by atoms with Crippen LogP contribution in [0.2, 0.25) is 0 Å². The number of amides is 1. The molecule has 2 aromatic rings. The quantitative estimate of drug-likeness (QED) is 0.337. The Balaban J connectivity index is 1.45. The summed E-state index contributed by atoms with van der Waals surface area (Å²) in [7, 11) is 5.22. The zero-order valence-electron chi connectivity index (χ0n) is 24.2. The Morgan fingerprint density at radius 1 is 1.09 bits per heavy atom. The third kappa shape index (κ3) is 4.17. The van der Waals surface area contributed by atoms with Crippen molar-refractivity contribution in [3.05, 3.63) is 70.2 Å². The van der Waals surface area contributed by atoms with Crippen LogP contribution in [0.25, 0.3) is 11.1 Å². The number of rotatable bonds is 4. The van der Waals surface area contributed by atoms with E-state index in [9.17, 15) is 34.8 Å². The first kappa shape index (κ1) is 28.6. The number of phenols is 1. The first-order valence-electron chi connectivity index (χ1n) is 14.2. The summed E-state index contributed by atoms with van der Waals surface area (Å²) < 4.78 is 0. The van der Waals surface area contributed by atoms with Crippen LogP contribution in [0.15, 0.2) is 64.1 Å². The van der Waals surface area contributed by atoms with Crippen LogP contribution in [0.4, 0.5) is 5.69 Å². The molecule has 0 saturated carbocycles. The van der Waals surface area contributed by atoms with Crippen LogP contribution in [0.5, 0.6) is 5.75 Å². The van der Waals surface area contributed by atoms with Gasteiger partial charge in [-0.3, -0.25) is 19.3 Å². The number of likely N-dealkylation sites (tertiary alicyclic amines) is 1. The van der Waals surface area contributed by atoms with Gasteiger partial charge in [0.15, 0.2) is 11.4 Å². The van der Waals surface area contributed by atoms with Gasteiger partial charge >= 0.3 is 0 Å². The number of hydrogen-bond donors (Lipinski definition) is 5. The monoisotopic (exact) mass is 586 g/mol. The SMILES string of the molecule is CN1CCC/C1=N\c1ccc(-c2ccc(O)c3c2C[C@H]2C[C@@H]4[C@@H](N(C)C)C(O)=C(C(N)=O)C(=O)[C@]4(O)C(O)=C2C3=O)cc1. The van der Waals surface area contributed by atoms with Gasteiger partial charge in [-0.05, 0) is 74.2 Å². The summed E-state index contributed by atoms with van der Waals surface area (Å²) in [6, 6.07) is 9.72. The fourth-order valence-electron chi connectivity index (χ4n) is 7.32. The molecule has 11 nitrogen and oxygen atoms in total. The van der Waals surface area contributed by atoms with E-state index in [1.807, 2.05) is 31.3 Å². The molecule has 3 aliphatic carbocycles. The van der Waals surface area contributed by atoms with Crippen LogP contribution in [0, 0.1) is 11.8 Å². The number of phenolic OH excluding ortho intramolecular Hbond substituents is 1. The zero-order valence-corrected chi connectivity index (χ0v) is 24.2. The molecule has 0 unspecified atom stereocenters. The topological polar surface area (TPSA) is 177 Å². The Morgan fingerprint density at radius 2 is 1.79 bits per heavy atom. The fourth-order valence-corrected chi connectivity index (χ4v) is 7.32. The van der Waals surface area contributed by atoms with Gasteiger partial charge in [0, 0.05) is 31.5 Å². The van der Waals surface area contributed by atoms with Crippen LogP contribution in [-0.4, -0.2) is 92.9 Å². The number of Topliss-reactive ketones (excluding diaryl/α,β-unsaturated/α-hetero) is 2. The van der Waals surface area contributed by atoms with Crippen molar-refractivity contribution in [2.75, 3.05) is 27.7 Å². The number of amidine groups is 1. The molecule has 1 fully saturated rings. The third-order valence-electron chi connectivity index (χ3n) is 9.38. The van der Waals surface area contributed by atoms with Gasteiger partial charge in [0.2, 0.25) is 5.78 Å². The minimum absolute atomic E-state index is 0.0183. The third-order valence-corrected chi connectivity index (χ3v) is 9.38. The Labute approximate surface area is 248 Å². The molecule has 6 rings (SSSR count). The van der Waals surface area contributed by atoms with Crippen molar-refractivity contribution < 1.29 is 34.8 Å². The molecular weight excluding hydrogens is 552 g/mol. The van der Waals surface area contributed by atoms with E-state index in [4.69, 9.17) is 10.7 Å². The number of nitrogens with two attached hydrogens (primary N) is 1. The van der Waals surface area contributed by atoms with Crippen molar-refractivity contribution >= 4 is 29.0 Å². The number of carbonyl (C=O) groups is 3. The molecule has 4 atom stereocenters. The number of ketones is 2. The number of aromatic hydroxyl groups is 1. The van der Waals surface area contributed by atoms with Crippen molar-refractivity contribution in [2.24, 2.45) is 22.6 Å². The van der Waals surface area contributed by atoms with Crippen LogP contribution in [0.3, 0.4) is 0 Å². The second kappa shape index (κ2) is 10.1. The molecule has 0 bridgehead atoms. The number of aliphatic hydroxyl groups is 3. The number of primary amides is 1. The number of fused-ring (bicyclic) bond motifs is 3. The van der Waals surface area contributed by atoms with E-state index in [1.165, 1.54) is 11.0 Å². The van der Waals surface area contributed by atoms with Crippen molar-refractivity contribution in [1.29, 1.82) is 0 Å². The minimum Gasteiger partial charge on any atom is -0.510 e. The normalized spacial score (nSPS) is 28.0. The Morgan fingerprint density at radius 3 is 2.40 bits per heavy atom. The summed E-state index contributed by atoms with van der Waals surface area (Å²) in [5, 5.41) is 45.0. The summed E-state index contributed by atoms with van der Waals surface area (Å²) >= 11 is 0. The average molecular weight is 587 g/mol. The predicted molar refractivity (Wildman–Crippen MR) is 158 cm³/mol. The highest BCUT2D eigenvalue weighted by molar-refractivity contribution is 6.25. The van der Waals surface area contributed by atoms with Crippen molar-refractivity contribution in [3.63, 3.8) is 0 Å². The highest BCUT2D eigenvalue weighted by Gasteiger charge is 2.63. The lowest BCUT2D eigenvalue weighted by molar-refractivity contribution is -0.148.